The van der Waals surface area contributed by atoms with E-state index in [1.165, 1.54) is 12.1 Å². The van der Waals surface area contributed by atoms with Crippen LogP contribution >= 0.6 is 11.3 Å². The van der Waals surface area contributed by atoms with Crippen LogP contribution in [0.15, 0.2) is 29.6 Å². The third-order valence-corrected chi connectivity index (χ3v) is 5.71. The third-order valence-electron chi connectivity index (χ3n) is 4.81. The van der Waals surface area contributed by atoms with Gasteiger partial charge in [0, 0.05) is 44.0 Å². The number of benzene rings is 1. The summed E-state index contributed by atoms with van der Waals surface area (Å²) in [5, 5.41) is 2.93. The Hall–Kier alpha value is -1.79. The predicted molar refractivity (Wildman–Crippen MR) is 103 cm³/mol. The van der Waals surface area contributed by atoms with Gasteiger partial charge in [0.2, 0.25) is 5.91 Å². The van der Waals surface area contributed by atoms with Crippen LogP contribution in [0.4, 0.5) is 4.39 Å². The van der Waals surface area contributed by atoms with Gasteiger partial charge < -0.3 is 4.90 Å². The van der Waals surface area contributed by atoms with Crippen LogP contribution in [0.25, 0.3) is 0 Å². The fraction of sp³-hybridized carbons (Fsp3) is 0.500. The topological polar surface area (TPSA) is 36.4 Å². The van der Waals surface area contributed by atoms with Gasteiger partial charge in [-0.3, -0.25) is 9.69 Å². The van der Waals surface area contributed by atoms with Crippen LogP contribution in [-0.4, -0.2) is 52.9 Å². The zero-order chi connectivity index (χ0) is 18.5. The van der Waals surface area contributed by atoms with Gasteiger partial charge in [-0.15, -0.1) is 11.3 Å². The molecule has 0 aliphatic carbocycles. The highest BCUT2D eigenvalue weighted by atomic mass is 32.1. The maximum absolute atomic E-state index is 13.0. The molecule has 0 unspecified atom stereocenters. The van der Waals surface area contributed by atoms with Crippen LogP contribution in [0.5, 0.6) is 0 Å². The maximum atomic E-state index is 13.0. The fourth-order valence-electron chi connectivity index (χ4n) is 3.26. The summed E-state index contributed by atoms with van der Waals surface area (Å²) in [4.78, 5) is 21.6. The average Bonchev–Trinajstić information content (AvgIpc) is 2.89. The summed E-state index contributed by atoms with van der Waals surface area (Å²) in [6.45, 7) is 8.03. The molecule has 1 saturated heterocycles. The molecule has 4 nitrogen and oxygen atoms in total. The van der Waals surface area contributed by atoms with E-state index >= 15 is 0 Å². The lowest BCUT2D eigenvalue weighted by Crippen LogP contribution is -2.38. The van der Waals surface area contributed by atoms with Crippen LogP contribution in [0.3, 0.4) is 0 Å². The van der Waals surface area contributed by atoms with Gasteiger partial charge in [-0.05, 0) is 38.0 Å². The van der Waals surface area contributed by atoms with Crippen LogP contribution in [0.2, 0.25) is 0 Å². The Balaban J connectivity index is 1.55. The van der Waals surface area contributed by atoms with E-state index in [9.17, 15) is 9.18 Å². The Morgan fingerprint density at radius 3 is 2.69 bits per heavy atom. The number of thiazole rings is 1. The molecule has 2 heterocycles. The highest BCUT2D eigenvalue weighted by Crippen LogP contribution is 2.17. The van der Waals surface area contributed by atoms with Gasteiger partial charge in [0.05, 0.1) is 17.1 Å². The van der Waals surface area contributed by atoms with Gasteiger partial charge in [0.1, 0.15) is 5.82 Å². The minimum atomic E-state index is -0.229. The van der Waals surface area contributed by atoms with Crippen molar-refractivity contribution in [3.63, 3.8) is 0 Å². The zero-order valence-electron chi connectivity index (χ0n) is 15.4. The summed E-state index contributed by atoms with van der Waals surface area (Å²) in [6, 6.07) is 7.01. The fourth-order valence-corrected chi connectivity index (χ4v) is 4.09. The monoisotopic (exact) mass is 375 g/mol. The molecule has 0 atom stereocenters. The number of nitrogens with zero attached hydrogens (tertiary/aromatic N) is 3. The SMILES string of the molecule is CC(C)N1CCCN(C(=O)Cc2csc(Cc3ccc(F)cc3)n2)CC1. The first-order valence-electron chi connectivity index (χ1n) is 9.21. The molecule has 3 rings (SSSR count). The Morgan fingerprint density at radius 1 is 1.19 bits per heavy atom. The number of hydrogen-bond acceptors (Lipinski definition) is 4. The van der Waals surface area contributed by atoms with Crippen molar-refractivity contribution in [2.75, 3.05) is 26.2 Å². The van der Waals surface area contributed by atoms with Gasteiger partial charge in [-0.1, -0.05) is 12.1 Å². The molecule has 0 N–H and O–H groups in total. The molecule has 26 heavy (non-hydrogen) atoms. The summed E-state index contributed by atoms with van der Waals surface area (Å²) < 4.78 is 13.0. The van der Waals surface area contributed by atoms with E-state index in [0.29, 0.717) is 18.9 Å². The van der Waals surface area contributed by atoms with Crippen molar-refractivity contribution in [3.05, 3.63) is 51.7 Å². The first kappa shape index (κ1) is 19.0. The van der Waals surface area contributed by atoms with E-state index in [-0.39, 0.29) is 11.7 Å². The van der Waals surface area contributed by atoms with Crippen molar-refractivity contribution in [2.45, 2.75) is 39.2 Å². The molecule has 0 spiro atoms. The van der Waals surface area contributed by atoms with Crippen molar-refractivity contribution in [1.82, 2.24) is 14.8 Å². The number of halogens is 1. The molecule has 1 fully saturated rings. The largest absolute Gasteiger partial charge is 0.341 e. The Bertz CT molecular complexity index is 729. The highest BCUT2D eigenvalue weighted by molar-refractivity contribution is 7.09. The van der Waals surface area contributed by atoms with E-state index in [1.54, 1.807) is 23.5 Å². The number of amides is 1. The number of carbonyl (C=O) groups excluding carboxylic acids is 1. The molecule has 1 aromatic carbocycles. The molecule has 2 aromatic rings. The molecule has 1 amide bonds. The van der Waals surface area contributed by atoms with Crippen molar-refractivity contribution < 1.29 is 9.18 Å². The van der Waals surface area contributed by atoms with Crippen molar-refractivity contribution in [2.24, 2.45) is 0 Å². The summed E-state index contributed by atoms with van der Waals surface area (Å²) >= 11 is 1.56. The van der Waals surface area contributed by atoms with Gasteiger partial charge in [0.25, 0.3) is 0 Å². The lowest BCUT2D eigenvalue weighted by molar-refractivity contribution is -0.130. The molecule has 0 radical (unpaired) electrons. The lowest BCUT2D eigenvalue weighted by atomic mass is 10.1. The van der Waals surface area contributed by atoms with Gasteiger partial charge in [-0.2, -0.15) is 0 Å². The molecule has 140 valence electrons. The van der Waals surface area contributed by atoms with Crippen molar-refractivity contribution in [1.29, 1.82) is 0 Å². The average molecular weight is 376 g/mol. The van der Waals surface area contributed by atoms with E-state index in [4.69, 9.17) is 0 Å². The van der Waals surface area contributed by atoms with Crippen LogP contribution < -0.4 is 0 Å². The van der Waals surface area contributed by atoms with Crippen LogP contribution in [0, 0.1) is 5.82 Å². The normalized spacial score (nSPS) is 16.1. The first-order chi connectivity index (χ1) is 12.5. The summed E-state index contributed by atoms with van der Waals surface area (Å²) in [7, 11) is 0. The minimum absolute atomic E-state index is 0.161. The second kappa shape index (κ2) is 8.73. The quantitative estimate of drug-likeness (QED) is 0.804. The molecule has 6 heteroatoms. The van der Waals surface area contributed by atoms with Gasteiger partial charge in [-0.25, -0.2) is 9.37 Å². The molecule has 0 saturated carbocycles. The number of aromatic nitrogens is 1. The molecule has 1 aliphatic heterocycles. The van der Waals surface area contributed by atoms with Gasteiger partial charge >= 0.3 is 0 Å². The Labute approximate surface area is 158 Å². The van der Waals surface area contributed by atoms with E-state index < -0.39 is 0 Å². The third kappa shape index (κ3) is 5.11. The second-order valence-corrected chi connectivity index (χ2v) is 8.02. The summed E-state index contributed by atoms with van der Waals surface area (Å²) in [5.41, 5.74) is 1.86. The van der Waals surface area contributed by atoms with Crippen LogP contribution in [-0.2, 0) is 17.6 Å². The Morgan fingerprint density at radius 2 is 1.96 bits per heavy atom. The molecular formula is C20H26FN3OS. The number of hydrogen-bond donors (Lipinski definition) is 0. The van der Waals surface area contributed by atoms with E-state index in [0.717, 1.165) is 48.9 Å². The number of carbonyl (C=O) groups is 1. The van der Waals surface area contributed by atoms with Gasteiger partial charge in [0.15, 0.2) is 0 Å². The predicted octanol–water partition coefficient (Wildman–Crippen LogP) is 3.36. The first-order valence-corrected chi connectivity index (χ1v) is 10.1. The zero-order valence-corrected chi connectivity index (χ0v) is 16.3. The van der Waals surface area contributed by atoms with E-state index in [2.05, 4.69) is 23.7 Å². The summed E-state index contributed by atoms with van der Waals surface area (Å²) in [5.74, 6) is -0.0677. The van der Waals surface area contributed by atoms with Crippen molar-refractivity contribution in [3.8, 4) is 0 Å². The lowest BCUT2D eigenvalue weighted by Gasteiger charge is -2.24. The number of rotatable bonds is 5. The Kier molecular flexibility index (Phi) is 6.38. The smallest absolute Gasteiger partial charge is 0.228 e. The summed E-state index contributed by atoms with van der Waals surface area (Å²) in [6.07, 6.45) is 2.06. The maximum Gasteiger partial charge on any atom is 0.228 e. The van der Waals surface area contributed by atoms with Crippen LogP contribution in [0.1, 0.15) is 36.5 Å². The second-order valence-electron chi connectivity index (χ2n) is 7.08. The molecule has 1 aromatic heterocycles. The molecular weight excluding hydrogens is 349 g/mol. The van der Waals surface area contributed by atoms with E-state index in [1.807, 2.05) is 10.3 Å². The molecule has 1 aliphatic rings. The van der Waals surface area contributed by atoms with Crippen molar-refractivity contribution >= 4 is 17.2 Å². The minimum Gasteiger partial charge on any atom is -0.341 e. The standard InChI is InChI=1S/C20H26FN3OS/c1-15(2)23-8-3-9-24(11-10-23)20(25)13-18-14-26-19(22-18)12-16-4-6-17(21)7-5-16/h4-7,14-15H,3,8-13H2,1-2H3. The molecule has 0 bridgehead atoms. The highest BCUT2D eigenvalue weighted by Gasteiger charge is 2.21.